The van der Waals surface area contributed by atoms with E-state index in [0.717, 1.165) is 17.5 Å². The molecule has 0 fully saturated rings. The molecule has 1 aromatic carbocycles. The van der Waals surface area contributed by atoms with Gasteiger partial charge in [0, 0.05) is 11.1 Å². The zero-order valence-corrected chi connectivity index (χ0v) is 8.68. The maximum Gasteiger partial charge on any atom is 0.193 e. The zero-order chi connectivity index (χ0) is 9.97. The van der Waals surface area contributed by atoms with Crippen LogP contribution < -0.4 is 0 Å². The minimum Gasteiger partial charge on any atom is -0.289 e. The molecular weight excluding hydrogens is 172 g/mol. The molecule has 2 aliphatic rings. The average Bonchev–Trinajstić information content (AvgIpc) is 2.24. The maximum atomic E-state index is 11.4. The summed E-state index contributed by atoms with van der Waals surface area (Å²) in [5.41, 5.74) is 3.11. The van der Waals surface area contributed by atoms with Crippen molar-refractivity contribution in [1.29, 1.82) is 0 Å². The molecule has 0 atom stereocenters. The second-order valence-corrected chi connectivity index (χ2v) is 4.01. The number of carbonyl (C=O) groups is 1. The molecule has 0 aliphatic heterocycles. The molecule has 0 heterocycles. The van der Waals surface area contributed by atoms with E-state index in [2.05, 4.69) is 13.0 Å². The summed E-state index contributed by atoms with van der Waals surface area (Å²) in [7, 11) is 0. The number of rotatable bonds is 5. The first-order valence-corrected chi connectivity index (χ1v) is 5.50. The van der Waals surface area contributed by atoms with Gasteiger partial charge in [0.25, 0.3) is 0 Å². The van der Waals surface area contributed by atoms with Gasteiger partial charge in [-0.15, -0.1) is 0 Å². The molecule has 0 saturated heterocycles. The Morgan fingerprint density at radius 1 is 1.14 bits per heavy atom. The van der Waals surface area contributed by atoms with Gasteiger partial charge in [-0.25, -0.2) is 0 Å². The molecule has 0 amide bonds. The lowest BCUT2D eigenvalue weighted by Crippen LogP contribution is -2.15. The fraction of sp³-hybridized carbons (Fsp3) is 0.462. The summed E-state index contributed by atoms with van der Waals surface area (Å²) in [6.07, 6.45) is 6.15. The van der Waals surface area contributed by atoms with Crippen LogP contribution >= 0.6 is 0 Å². The monoisotopic (exact) mass is 188 g/mol. The van der Waals surface area contributed by atoms with E-state index in [1.54, 1.807) is 0 Å². The van der Waals surface area contributed by atoms with Gasteiger partial charge in [0.1, 0.15) is 0 Å². The first-order chi connectivity index (χ1) is 6.83. The van der Waals surface area contributed by atoms with E-state index in [9.17, 15) is 4.79 Å². The molecule has 0 N–H and O–H groups in total. The number of aryl methyl sites for hydroxylation is 1. The fourth-order valence-electron chi connectivity index (χ4n) is 1.97. The second-order valence-electron chi connectivity index (χ2n) is 4.01. The van der Waals surface area contributed by atoms with Crippen LogP contribution in [0.1, 0.15) is 54.1 Å². The number of ketones is 1. The molecule has 3 rings (SSSR count). The van der Waals surface area contributed by atoms with Crippen molar-refractivity contribution >= 4 is 5.78 Å². The van der Waals surface area contributed by atoms with Crippen LogP contribution in [0.3, 0.4) is 0 Å². The van der Waals surface area contributed by atoms with Crippen molar-refractivity contribution in [3.8, 4) is 0 Å². The van der Waals surface area contributed by atoms with Gasteiger partial charge >= 0.3 is 0 Å². The van der Waals surface area contributed by atoms with Crippen molar-refractivity contribution in [2.24, 2.45) is 0 Å². The van der Waals surface area contributed by atoms with Crippen LogP contribution in [0.4, 0.5) is 0 Å². The lowest BCUT2D eigenvalue weighted by molar-refractivity contribution is 0.102. The third-order valence-corrected chi connectivity index (χ3v) is 2.92. The smallest absolute Gasteiger partial charge is 0.193 e. The van der Waals surface area contributed by atoms with Crippen molar-refractivity contribution in [2.45, 2.75) is 39.0 Å². The van der Waals surface area contributed by atoms with Gasteiger partial charge in [-0.1, -0.05) is 38.3 Å². The Morgan fingerprint density at radius 3 is 2.64 bits per heavy atom. The summed E-state index contributed by atoms with van der Waals surface area (Å²) in [6.45, 7) is 2.22. The average molecular weight is 188 g/mol. The molecule has 0 saturated carbocycles. The quantitative estimate of drug-likeness (QED) is 0.657. The Labute approximate surface area is 85.1 Å². The Kier molecular flexibility index (Phi) is 2.67. The summed E-state index contributed by atoms with van der Waals surface area (Å²) in [5, 5.41) is 0. The van der Waals surface area contributed by atoms with Crippen LogP contribution in [0, 0.1) is 0 Å². The summed E-state index contributed by atoms with van der Waals surface area (Å²) >= 11 is 0. The zero-order valence-electron chi connectivity index (χ0n) is 8.68. The number of hydrogen-bond acceptors (Lipinski definition) is 1. The standard InChI is InChI=1S/C13H16O/c1-2-3-4-5-6-10-7-8-11-9-12(10)13(11)14/h7-9H,2-6H2,1H3. The topological polar surface area (TPSA) is 17.1 Å². The lowest BCUT2D eigenvalue weighted by Gasteiger charge is -2.17. The van der Waals surface area contributed by atoms with Crippen LogP contribution in [-0.2, 0) is 6.42 Å². The Hall–Kier alpha value is -1.11. The molecule has 2 aliphatic carbocycles. The highest BCUT2D eigenvalue weighted by molar-refractivity contribution is 6.17. The first kappa shape index (κ1) is 9.45. The molecule has 0 unspecified atom stereocenters. The van der Waals surface area contributed by atoms with Crippen molar-refractivity contribution in [3.63, 3.8) is 0 Å². The second kappa shape index (κ2) is 3.95. The molecule has 0 aromatic heterocycles. The molecule has 74 valence electrons. The van der Waals surface area contributed by atoms with Gasteiger partial charge in [0.05, 0.1) is 0 Å². The summed E-state index contributed by atoms with van der Waals surface area (Å²) in [6, 6.07) is 6.07. The number of fused-ring (bicyclic) bond motifs is 2. The first-order valence-electron chi connectivity index (χ1n) is 5.50. The van der Waals surface area contributed by atoms with Crippen molar-refractivity contribution in [1.82, 2.24) is 0 Å². The number of hydrogen-bond donors (Lipinski definition) is 0. The van der Waals surface area contributed by atoms with Crippen molar-refractivity contribution < 1.29 is 4.79 Å². The van der Waals surface area contributed by atoms with Crippen molar-refractivity contribution in [2.75, 3.05) is 0 Å². The molecule has 1 aromatic rings. The highest BCUT2D eigenvalue weighted by Crippen LogP contribution is 2.26. The van der Waals surface area contributed by atoms with E-state index in [4.69, 9.17) is 0 Å². The van der Waals surface area contributed by atoms with Gasteiger partial charge in [-0.05, 0) is 24.5 Å². The molecule has 14 heavy (non-hydrogen) atoms. The summed E-state index contributed by atoms with van der Waals surface area (Å²) < 4.78 is 0. The third kappa shape index (κ3) is 1.59. The molecule has 2 bridgehead atoms. The van der Waals surface area contributed by atoms with E-state index >= 15 is 0 Å². The Morgan fingerprint density at radius 2 is 2.00 bits per heavy atom. The van der Waals surface area contributed by atoms with E-state index < -0.39 is 0 Å². The summed E-state index contributed by atoms with van der Waals surface area (Å²) in [4.78, 5) is 11.4. The minimum absolute atomic E-state index is 0.262. The van der Waals surface area contributed by atoms with Crippen LogP contribution in [0.2, 0.25) is 0 Å². The normalized spacial score (nSPS) is 12.8. The maximum absolute atomic E-state index is 11.4. The number of unbranched alkanes of at least 4 members (excludes halogenated alkanes) is 3. The lowest BCUT2D eigenvalue weighted by atomic mass is 9.85. The van der Waals surface area contributed by atoms with E-state index in [-0.39, 0.29) is 5.78 Å². The Balaban J connectivity index is 1.90. The summed E-state index contributed by atoms with van der Waals surface area (Å²) in [5.74, 6) is 0.262. The largest absolute Gasteiger partial charge is 0.289 e. The molecular formula is C13H16O. The minimum atomic E-state index is 0.262. The van der Waals surface area contributed by atoms with Gasteiger partial charge < -0.3 is 0 Å². The van der Waals surface area contributed by atoms with E-state index in [0.29, 0.717) is 0 Å². The van der Waals surface area contributed by atoms with Crippen LogP contribution in [-0.4, -0.2) is 5.78 Å². The van der Waals surface area contributed by atoms with Crippen molar-refractivity contribution in [3.05, 3.63) is 34.9 Å². The number of carbonyl (C=O) groups excluding carboxylic acids is 1. The Bertz CT molecular complexity index is 349. The predicted octanol–water partition coefficient (Wildman–Crippen LogP) is 3.35. The van der Waals surface area contributed by atoms with Gasteiger partial charge in [-0.3, -0.25) is 4.79 Å². The van der Waals surface area contributed by atoms with Gasteiger partial charge in [0.2, 0.25) is 0 Å². The predicted molar refractivity (Wildman–Crippen MR) is 57.7 cm³/mol. The van der Waals surface area contributed by atoms with Crippen LogP contribution in [0.5, 0.6) is 0 Å². The highest BCUT2D eigenvalue weighted by atomic mass is 16.1. The van der Waals surface area contributed by atoms with Gasteiger partial charge in [0.15, 0.2) is 5.78 Å². The van der Waals surface area contributed by atoms with E-state index in [1.165, 1.54) is 31.2 Å². The molecule has 1 heteroatoms. The van der Waals surface area contributed by atoms with E-state index in [1.807, 2.05) is 12.1 Å². The molecule has 0 radical (unpaired) electrons. The third-order valence-electron chi connectivity index (χ3n) is 2.92. The molecule has 1 nitrogen and oxygen atoms in total. The number of benzene rings is 1. The fourth-order valence-corrected chi connectivity index (χ4v) is 1.97. The van der Waals surface area contributed by atoms with Crippen LogP contribution in [0.15, 0.2) is 18.2 Å². The van der Waals surface area contributed by atoms with Crippen LogP contribution in [0.25, 0.3) is 0 Å². The molecule has 0 spiro atoms. The SMILES string of the molecule is CCCCCCc1ccc2cc1C2=O. The van der Waals surface area contributed by atoms with Gasteiger partial charge in [-0.2, -0.15) is 0 Å². The highest BCUT2D eigenvalue weighted by Gasteiger charge is 2.22.